The summed E-state index contributed by atoms with van der Waals surface area (Å²) in [5.41, 5.74) is 3.72. The average molecular weight is 533 g/mol. The van der Waals surface area contributed by atoms with E-state index in [-0.39, 0.29) is 11.0 Å². The lowest BCUT2D eigenvalue weighted by Crippen LogP contribution is -2.20. The van der Waals surface area contributed by atoms with Crippen LogP contribution in [0.15, 0.2) is 78.9 Å². The third kappa shape index (κ3) is 5.98. The summed E-state index contributed by atoms with van der Waals surface area (Å²) < 4.78 is 7.82. The summed E-state index contributed by atoms with van der Waals surface area (Å²) in [6, 6.07) is 23.6. The summed E-state index contributed by atoms with van der Waals surface area (Å²) >= 11 is 7.79. The fraction of sp³-hybridized carbons (Fsp3) is 0.179. The molecule has 2 amide bonds. The number of aryl methyl sites for hydroxylation is 1. The van der Waals surface area contributed by atoms with E-state index in [0.29, 0.717) is 40.1 Å². The lowest BCUT2D eigenvalue weighted by atomic mass is 9.93. The molecule has 188 valence electrons. The molecule has 0 radical (unpaired) electrons. The molecule has 1 fully saturated rings. The Morgan fingerprint density at radius 3 is 2.59 bits per heavy atom. The van der Waals surface area contributed by atoms with Crippen LogP contribution in [0.25, 0.3) is 5.69 Å². The number of rotatable bonds is 6. The van der Waals surface area contributed by atoms with Crippen molar-refractivity contribution in [3.63, 3.8) is 0 Å². The number of nitrogens with one attached hydrogen (secondary N) is 2. The number of thioether (sulfide) groups is 1. The zero-order valence-corrected chi connectivity index (χ0v) is 21.7. The van der Waals surface area contributed by atoms with Crippen LogP contribution in [0.5, 0.6) is 11.6 Å². The average Bonchev–Trinajstić information content (AvgIpc) is 3.25. The predicted octanol–water partition coefficient (Wildman–Crippen LogP) is 7.41. The number of amides is 2. The highest BCUT2D eigenvalue weighted by atomic mass is 35.5. The first kappa shape index (κ1) is 24.9. The van der Waals surface area contributed by atoms with Gasteiger partial charge < -0.3 is 15.4 Å². The fourth-order valence-corrected chi connectivity index (χ4v) is 5.37. The highest BCUT2D eigenvalue weighted by Gasteiger charge is 2.21. The minimum Gasteiger partial charge on any atom is -0.437 e. The van der Waals surface area contributed by atoms with E-state index in [9.17, 15) is 9.59 Å². The minimum absolute atomic E-state index is 0.239. The Morgan fingerprint density at radius 2 is 1.81 bits per heavy atom. The molecule has 1 aliphatic rings. The second-order valence-corrected chi connectivity index (χ2v) is 10.3. The summed E-state index contributed by atoms with van der Waals surface area (Å²) in [5, 5.41) is 11.0. The van der Waals surface area contributed by atoms with Crippen LogP contribution >= 0.6 is 23.4 Å². The fourth-order valence-electron chi connectivity index (χ4n) is 4.20. The first-order valence-electron chi connectivity index (χ1n) is 11.9. The molecular formula is C28H25ClN4O3S. The molecule has 0 bridgehead atoms. The van der Waals surface area contributed by atoms with Crippen molar-refractivity contribution < 1.29 is 14.3 Å². The monoisotopic (exact) mass is 532 g/mol. The normalized spacial score (nSPS) is 15.3. The van der Waals surface area contributed by atoms with Crippen LogP contribution in [0.1, 0.15) is 30.0 Å². The number of urea groups is 1. The van der Waals surface area contributed by atoms with Gasteiger partial charge in [-0.1, -0.05) is 59.8 Å². The summed E-state index contributed by atoms with van der Waals surface area (Å²) in [4.78, 5) is 24.6. The van der Waals surface area contributed by atoms with Gasteiger partial charge in [0, 0.05) is 23.9 Å². The molecule has 5 rings (SSSR count). The number of hydrogen-bond acceptors (Lipinski definition) is 5. The van der Waals surface area contributed by atoms with Gasteiger partial charge in [0.05, 0.1) is 22.1 Å². The number of halogens is 1. The summed E-state index contributed by atoms with van der Waals surface area (Å²) in [7, 11) is 0. The van der Waals surface area contributed by atoms with E-state index >= 15 is 0 Å². The predicted molar refractivity (Wildman–Crippen MR) is 148 cm³/mol. The van der Waals surface area contributed by atoms with Crippen LogP contribution in [0.4, 0.5) is 16.2 Å². The lowest BCUT2D eigenvalue weighted by molar-refractivity contribution is -0.111. The highest BCUT2D eigenvalue weighted by Crippen LogP contribution is 2.34. The molecular weight excluding hydrogens is 508 g/mol. The van der Waals surface area contributed by atoms with Crippen molar-refractivity contribution in [1.29, 1.82) is 0 Å². The maximum absolute atomic E-state index is 12.8. The molecule has 37 heavy (non-hydrogen) atoms. The lowest BCUT2D eigenvalue weighted by Gasteiger charge is -2.20. The number of carbonyl (C=O) groups excluding carboxylic acids is 2. The molecule has 1 aromatic heterocycles. The van der Waals surface area contributed by atoms with Crippen LogP contribution in [-0.4, -0.2) is 26.7 Å². The van der Waals surface area contributed by atoms with Crippen molar-refractivity contribution in [1.82, 2.24) is 9.78 Å². The summed E-state index contributed by atoms with van der Waals surface area (Å²) in [6.07, 6.45) is 1.54. The van der Waals surface area contributed by atoms with Crippen LogP contribution in [0.3, 0.4) is 0 Å². The molecule has 1 aliphatic heterocycles. The van der Waals surface area contributed by atoms with Gasteiger partial charge in [-0.15, -0.1) is 0 Å². The van der Waals surface area contributed by atoms with Gasteiger partial charge in [0.25, 0.3) is 0 Å². The van der Waals surface area contributed by atoms with Crippen molar-refractivity contribution in [2.75, 3.05) is 16.4 Å². The molecule has 2 heterocycles. The van der Waals surface area contributed by atoms with Crippen LogP contribution in [0, 0.1) is 6.92 Å². The van der Waals surface area contributed by atoms with Crippen LogP contribution in [-0.2, 0) is 4.79 Å². The van der Waals surface area contributed by atoms with E-state index < -0.39 is 6.03 Å². The number of carbonyl (C=O) groups is 2. The van der Waals surface area contributed by atoms with Gasteiger partial charge in [0.2, 0.25) is 5.88 Å². The highest BCUT2D eigenvalue weighted by molar-refractivity contribution is 8.13. The Balaban J connectivity index is 1.28. The SMILES string of the molecule is Cc1cc(Oc2ccccc2NC(=O)Nc2ccc(C3CCSC(=O)C3)cc2)n(-c2ccccc2Cl)n1. The zero-order chi connectivity index (χ0) is 25.8. The topological polar surface area (TPSA) is 85.3 Å². The van der Waals surface area contributed by atoms with E-state index in [4.69, 9.17) is 16.3 Å². The summed E-state index contributed by atoms with van der Waals surface area (Å²) in [5.74, 6) is 2.02. The smallest absolute Gasteiger partial charge is 0.323 e. The summed E-state index contributed by atoms with van der Waals surface area (Å²) in [6.45, 7) is 1.87. The second-order valence-electron chi connectivity index (χ2n) is 8.70. The van der Waals surface area contributed by atoms with Gasteiger partial charge in [-0.25, -0.2) is 4.79 Å². The zero-order valence-electron chi connectivity index (χ0n) is 20.1. The first-order chi connectivity index (χ1) is 18.0. The quantitative estimate of drug-likeness (QED) is 0.270. The molecule has 2 N–H and O–H groups in total. The molecule has 1 saturated heterocycles. The van der Waals surface area contributed by atoms with Crippen molar-refractivity contribution in [3.8, 4) is 17.3 Å². The minimum atomic E-state index is -0.399. The third-order valence-electron chi connectivity index (χ3n) is 6.01. The standard InChI is InChI=1S/C28H25ClN4O3S/c1-18-16-26(33(32-18)24-8-4-2-6-22(24)29)36-25-9-5-3-7-23(25)31-28(35)30-21-12-10-19(11-13-21)20-14-15-37-27(34)17-20/h2-13,16,20H,14-15,17H2,1H3,(H2,30,31,35). The third-order valence-corrected chi connectivity index (χ3v) is 7.26. The van der Waals surface area contributed by atoms with Gasteiger partial charge in [0.15, 0.2) is 10.9 Å². The molecule has 0 spiro atoms. The number of nitrogens with zero attached hydrogens (tertiary/aromatic N) is 2. The van der Waals surface area contributed by atoms with Gasteiger partial charge in [0.1, 0.15) is 0 Å². The van der Waals surface area contributed by atoms with Gasteiger partial charge in [-0.3, -0.25) is 4.79 Å². The number of ether oxygens (including phenoxy) is 1. The van der Waals surface area contributed by atoms with E-state index in [1.165, 1.54) is 11.8 Å². The number of hydrogen-bond donors (Lipinski definition) is 2. The van der Waals surface area contributed by atoms with Crippen molar-refractivity contribution in [2.45, 2.75) is 25.7 Å². The Morgan fingerprint density at radius 1 is 1.05 bits per heavy atom. The molecule has 0 aliphatic carbocycles. The molecule has 1 atom stereocenters. The van der Waals surface area contributed by atoms with Crippen molar-refractivity contribution >= 4 is 45.9 Å². The van der Waals surface area contributed by atoms with Crippen molar-refractivity contribution in [3.05, 3.63) is 95.1 Å². The molecule has 1 unspecified atom stereocenters. The molecule has 9 heteroatoms. The molecule has 3 aromatic carbocycles. The number of aromatic nitrogens is 2. The number of anilines is 2. The van der Waals surface area contributed by atoms with Crippen molar-refractivity contribution in [2.24, 2.45) is 0 Å². The van der Waals surface area contributed by atoms with E-state index in [0.717, 1.165) is 23.4 Å². The van der Waals surface area contributed by atoms with Gasteiger partial charge in [-0.05, 0) is 61.2 Å². The Kier molecular flexibility index (Phi) is 7.48. The Hall–Kier alpha value is -3.75. The largest absolute Gasteiger partial charge is 0.437 e. The van der Waals surface area contributed by atoms with Gasteiger partial charge in [-0.2, -0.15) is 9.78 Å². The molecule has 0 saturated carbocycles. The van der Waals surface area contributed by atoms with E-state index in [1.807, 2.05) is 61.5 Å². The number of benzene rings is 3. The van der Waals surface area contributed by atoms with Gasteiger partial charge >= 0.3 is 6.03 Å². The molecule has 7 nitrogen and oxygen atoms in total. The number of para-hydroxylation sites is 3. The van der Waals surface area contributed by atoms with Crippen LogP contribution < -0.4 is 15.4 Å². The van der Waals surface area contributed by atoms with E-state index in [2.05, 4.69) is 15.7 Å². The van der Waals surface area contributed by atoms with E-state index in [1.54, 1.807) is 28.9 Å². The van der Waals surface area contributed by atoms with Crippen LogP contribution in [0.2, 0.25) is 5.02 Å². The first-order valence-corrected chi connectivity index (χ1v) is 13.2. The maximum atomic E-state index is 12.8. The maximum Gasteiger partial charge on any atom is 0.323 e. The second kappa shape index (κ2) is 11.1. The Bertz CT molecular complexity index is 1440. The molecule has 4 aromatic rings. The Labute approximate surface area is 224 Å².